The lowest BCUT2D eigenvalue weighted by Crippen LogP contribution is -2.31. The van der Waals surface area contributed by atoms with Crippen molar-refractivity contribution in [2.24, 2.45) is 0 Å². The summed E-state index contributed by atoms with van der Waals surface area (Å²) in [5, 5.41) is 0. The first-order valence-corrected chi connectivity index (χ1v) is 2.73. The van der Waals surface area contributed by atoms with Gasteiger partial charge in [-0.2, -0.15) is 8.78 Å². The number of hydrogen-bond donors (Lipinski definition) is 0. The van der Waals surface area contributed by atoms with Crippen molar-refractivity contribution in [1.29, 1.82) is 0 Å². The summed E-state index contributed by atoms with van der Waals surface area (Å²) in [6.07, 6.45) is -1.52. The van der Waals surface area contributed by atoms with Crippen LogP contribution in [0.15, 0.2) is 12.7 Å². The van der Waals surface area contributed by atoms with E-state index in [9.17, 15) is 13.6 Å². The third kappa shape index (κ3) is 2.57. The van der Waals surface area contributed by atoms with Crippen LogP contribution in [0.25, 0.3) is 0 Å². The number of amides is 1. The van der Waals surface area contributed by atoms with E-state index in [1.807, 2.05) is 0 Å². The first-order chi connectivity index (χ1) is 4.59. The van der Waals surface area contributed by atoms with Crippen molar-refractivity contribution in [3.05, 3.63) is 12.7 Å². The van der Waals surface area contributed by atoms with Crippen LogP contribution >= 0.6 is 0 Å². The summed E-state index contributed by atoms with van der Waals surface area (Å²) in [6, 6.07) is 0. The normalized spacial score (nSPS) is 9.60. The van der Waals surface area contributed by atoms with Crippen molar-refractivity contribution < 1.29 is 13.6 Å². The highest BCUT2D eigenvalue weighted by molar-refractivity contribution is 5.79. The molecule has 0 aromatic carbocycles. The summed E-state index contributed by atoms with van der Waals surface area (Å²) >= 11 is 0. The first-order valence-electron chi connectivity index (χ1n) is 2.73. The number of nitrogens with zero attached hydrogens (tertiary/aromatic N) is 1. The largest absolute Gasteiger partial charge is 0.337 e. The average Bonchev–Trinajstić information content (AvgIpc) is 1.87. The van der Waals surface area contributed by atoms with Crippen LogP contribution in [0.3, 0.4) is 0 Å². The lowest BCUT2D eigenvalue weighted by molar-refractivity contribution is -0.140. The van der Waals surface area contributed by atoms with Crippen molar-refractivity contribution in [3.8, 4) is 0 Å². The molecule has 0 heterocycles. The third-order valence-electron chi connectivity index (χ3n) is 0.966. The first kappa shape index (κ1) is 9.07. The van der Waals surface area contributed by atoms with Crippen LogP contribution in [0.1, 0.15) is 0 Å². The highest BCUT2D eigenvalue weighted by Gasteiger charge is 2.18. The van der Waals surface area contributed by atoms with E-state index in [4.69, 9.17) is 0 Å². The highest BCUT2D eigenvalue weighted by Crippen LogP contribution is 1.97. The van der Waals surface area contributed by atoms with E-state index in [1.54, 1.807) is 0 Å². The number of carbonyl (C=O) groups excluding carboxylic acids is 1. The molecule has 0 fully saturated rings. The molecule has 0 saturated heterocycles. The molecule has 1 amide bonds. The smallest absolute Gasteiger partial charge is 0.315 e. The van der Waals surface area contributed by atoms with Crippen LogP contribution in [0.5, 0.6) is 0 Å². The summed E-state index contributed by atoms with van der Waals surface area (Å²) in [4.78, 5) is 11.3. The molecule has 58 valence electrons. The Balaban J connectivity index is 3.81. The Bertz CT molecular complexity index is 136. The predicted molar refractivity (Wildman–Crippen MR) is 33.8 cm³/mol. The summed E-state index contributed by atoms with van der Waals surface area (Å²) < 4.78 is 23.2. The maximum absolute atomic E-state index is 11.6. The van der Waals surface area contributed by atoms with Gasteiger partial charge in [-0.05, 0) is 0 Å². The summed E-state index contributed by atoms with van der Waals surface area (Å²) in [6.45, 7) is 3.46. The Morgan fingerprint density at radius 2 is 2.30 bits per heavy atom. The molecule has 0 bridgehead atoms. The number of hydrogen-bond acceptors (Lipinski definition) is 1. The molecule has 10 heavy (non-hydrogen) atoms. The minimum atomic E-state index is -2.91. The second kappa shape index (κ2) is 3.98. The molecule has 4 heteroatoms. The van der Waals surface area contributed by atoms with Gasteiger partial charge in [-0.1, -0.05) is 6.08 Å². The number of rotatable bonds is 3. The summed E-state index contributed by atoms with van der Waals surface area (Å²) in [5.74, 6) is -1.17. The van der Waals surface area contributed by atoms with Gasteiger partial charge in [0, 0.05) is 13.6 Å². The topological polar surface area (TPSA) is 20.3 Å². The Hall–Kier alpha value is -0.930. The van der Waals surface area contributed by atoms with Gasteiger partial charge in [-0.25, -0.2) is 0 Å². The highest BCUT2D eigenvalue weighted by atomic mass is 19.3. The van der Waals surface area contributed by atoms with Crippen LogP contribution in [0, 0.1) is 0 Å². The fraction of sp³-hybridized carbons (Fsp3) is 0.500. The van der Waals surface area contributed by atoms with Crippen LogP contribution in [0.4, 0.5) is 8.78 Å². The van der Waals surface area contributed by atoms with Crippen molar-refractivity contribution in [1.82, 2.24) is 4.90 Å². The zero-order valence-electron chi connectivity index (χ0n) is 5.68. The quantitative estimate of drug-likeness (QED) is 0.546. The molecule has 0 unspecified atom stereocenters. The summed E-state index contributed by atoms with van der Waals surface area (Å²) in [5.41, 5.74) is 0. The van der Waals surface area contributed by atoms with Gasteiger partial charge in [0.15, 0.2) is 0 Å². The summed E-state index contributed by atoms with van der Waals surface area (Å²) in [7, 11) is 1.30. The molecule has 2 nitrogen and oxygen atoms in total. The van der Waals surface area contributed by atoms with Gasteiger partial charge in [-0.15, -0.1) is 6.58 Å². The van der Waals surface area contributed by atoms with Crippen LogP contribution in [-0.4, -0.2) is 30.8 Å². The molecule has 0 spiro atoms. The van der Waals surface area contributed by atoms with Gasteiger partial charge in [0.25, 0.3) is 5.91 Å². The van der Waals surface area contributed by atoms with Gasteiger partial charge in [0.1, 0.15) is 0 Å². The van der Waals surface area contributed by atoms with Gasteiger partial charge < -0.3 is 4.90 Å². The maximum atomic E-state index is 11.6. The zero-order valence-corrected chi connectivity index (χ0v) is 5.68. The molecular weight excluding hydrogens is 140 g/mol. The van der Waals surface area contributed by atoms with Crippen LogP contribution in [0.2, 0.25) is 0 Å². The molecule has 0 aliphatic heterocycles. The molecule has 0 aliphatic carbocycles. The van der Waals surface area contributed by atoms with E-state index in [2.05, 4.69) is 6.58 Å². The van der Waals surface area contributed by atoms with E-state index in [0.29, 0.717) is 0 Å². The van der Waals surface area contributed by atoms with E-state index in [-0.39, 0.29) is 6.54 Å². The minimum Gasteiger partial charge on any atom is -0.337 e. The van der Waals surface area contributed by atoms with E-state index in [1.165, 1.54) is 13.1 Å². The average molecular weight is 149 g/mol. The van der Waals surface area contributed by atoms with Crippen molar-refractivity contribution in [2.75, 3.05) is 13.6 Å². The second-order valence-electron chi connectivity index (χ2n) is 1.81. The third-order valence-corrected chi connectivity index (χ3v) is 0.966. The predicted octanol–water partition coefficient (Wildman–Crippen LogP) is 0.896. The van der Waals surface area contributed by atoms with E-state index < -0.39 is 12.3 Å². The number of carbonyl (C=O) groups is 1. The Morgan fingerprint density at radius 3 is 2.60 bits per heavy atom. The molecular formula is C6H9F2NO. The van der Waals surface area contributed by atoms with Crippen molar-refractivity contribution in [2.45, 2.75) is 6.43 Å². The molecule has 0 atom stereocenters. The van der Waals surface area contributed by atoms with Crippen LogP contribution in [-0.2, 0) is 4.79 Å². The molecule has 0 rings (SSSR count). The van der Waals surface area contributed by atoms with Gasteiger partial charge in [0.2, 0.25) is 0 Å². The Kier molecular flexibility index (Phi) is 3.61. The Labute approximate surface area is 58.1 Å². The fourth-order valence-corrected chi connectivity index (χ4v) is 0.450. The lowest BCUT2D eigenvalue weighted by Gasteiger charge is -2.12. The van der Waals surface area contributed by atoms with Crippen LogP contribution < -0.4 is 0 Å². The molecule has 0 aromatic heterocycles. The van der Waals surface area contributed by atoms with E-state index >= 15 is 0 Å². The number of likely N-dealkylation sites (N-methyl/N-ethyl adjacent to an activating group) is 1. The second-order valence-corrected chi connectivity index (χ2v) is 1.81. The van der Waals surface area contributed by atoms with Gasteiger partial charge in [0.05, 0.1) is 0 Å². The van der Waals surface area contributed by atoms with Gasteiger partial charge in [-0.3, -0.25) is 4.79 Å². The minimum absolute atomic E-state index is 0.156. The van der Waals surface area contributed by atoms with Crippen molar-refractivity contribution >= 4 is 5.91 Å². The lowest BCUT2D eigenvalue weighted by atomic mass is 10.5. The number of alkyl halides is 2. The Morgan fingerprint density at radius 1 is 1.80 bits per heavy atom. The monoisotopic (exact) mass is 149 g/mol. The molecule has 0 saturated carbocycles. The van der Waals surface area contributed by atoms with Gasteiger partial charge >= 0.3 is 6.43 Å². The zero-order chi connectivity index (χ0) is 8.15. The number of halogens is 2. The molecule has 0 N–H and O–H groups in total. The maximum Gasteiger partial charge on any atom is 0.315 e. The molecule has 0 radical (unpaired) electrons. The molecule has 0 aliphatic rings. The standard InChI is InChI=1S/C6H9F2NO/c1-3-4-9(2)6(10)5(7)8/h3,5H,1,4H2,2H3. The van der Waals surface area contributed by atoms with Crippen molar-refractivity contribution in [3.63, 3.8) is 0 Å². The molecule has 0 aromatic rings. The van der Waals surface area contributed by atoms with E-state index in [0.717, 1.165) is 4.90 Å². The SMILES string of the molecule is C=CCN(C)C(=O)C(F)F. The fourth-order valence-electron chi connectivity index (χ4n) is 0.450.